The third kappa shape index (κ3) is 7.10. The Labute approximate surface area is 187 Å². The van der Waals surface area contributed by atoms with E-state index in [1.807, 2.05) is 57.3 Å². The van der Waals surface area contributed by atoms with Crippen LogP contribution in [0.3, 0.4) is 0 Å². The van der Waals surface area contributed by atoms with Crippen LogP contribution in [0.2, 0.25) is 0 Å². The van der Waals surface area contributed by atoms with Gasteiger partial charge in [-0.15, -0.1) is 11.3 Å². The summed E-state index contributed by atoms with van der Waals surface area (Å²) < 4.78 is 11.1. The Morgan fingerprint density at radius 3 is 2.32 bits per heavy atom. The van der Waals surface area contributed by atoms with Gasteiger partial charge < -0.3 is 19.3 Å². The lowest BCUT2D eigenvalue weighted by molar-refractivity contribution is -0.127. The number of carbonyl (C=O) groups is 2. The maximum Gasteiger partial charge on any atom is 0.410 e. The second-order valence-corrected chi connectivity index (χ2v) is 9.40. The highest BCUT2D eigenvalue weighted by Crippen LogP contribution is 2.17. The summed E-state index contributed by atoms with van der Waals surface area (Å²) in [4.78, 5) is 32.4. The molecule has 1 fully saturated rings. The predicted octanol–water partition coefficient (Wildman–Crippen LogP) is 4.12. The normalized spacial score (nSPS) is 14.7. The number of amides is 2. The van der Waals surface area contributed by atoms with E-state index in [0.29, 0.717) is 32.8 Å². The van der Waals surface area contributed by atoms with Crippen LogP contribution < -0.4 is 4.74 Å². The van der Waals surface area contributed by atoms with Crippen LogP contribution in [0.15, 0.2) is 35.7 Å². The first-order chi connectivity index (χ1) is 14.7. The molecule has 0 unspecified atom stereocenters. The van der Waals surface area contributed by atoms with Gasteiger partial charge >= 0.3 is 6.09 Å². The lowest BCUT2D eigenvalue weighted by atomic mass is 10.2. The number of aryl methyl sites for hydroxylation is 1. The number of hydrogen-bond donors (Lipinski definition) is 0. The molecule has 166 valence electrons. The fourth-order valence-corrected chi connectivity index (χ4v) is 3.61. The second-order valence-electron chi connectivity index (χ2n) is 8.34. The summed E-state index contributed by atoms with van der Waals surface area (Å²) in [5.74, 6) is 0.690. The molecule has 1 saturated heterocycles. The number of ether oxygens (including phenoxy) is 2. The Bertz CT molecular complexity index is 923. The summed E-state index contributed by atoms with van der Waals surface area (Å²) >= 11 is 1.60. The van der Waals surface area contributed by atoms with Gasteiger partial charge in [-0.05, 0) is 51.5 Å². The number of aromatic nitrogens is 1. The summed E-state index contributed by atoms with van der Waals surface area (Å²) in [6, 6.07) is 7.57. The molecule has 3 rings (SSSR count). The van der Waals surface area contributed by atoms with E-state index in [1.54, 1.807) is 33.3 Å². The van der Waals surface area contributed by atoms with Crippen molar-refractivity contribution in [2.45, 2.75) is 39.9 Å². The Balaban J connectivity index is 1.45. The first-order valence-electron chi connectivity index (χ1n) is 10.3. The zero-order valence-electron chi connectivity index (χ0n) is 18.5. The molecule has 0 N–H and O–H groups in total. The molecule has 1 aliphatic rings. The maximum absolute atomic E-state index is 12.5. The first-order valence-corrected chi connectivity index (χ1v) is 11.2. The van der Waals surface area contributed by atoms with Crippen LogP contribution in [0.5, 0.6) is 5.75 Å². The summed E-state index contributed by atoms with van der Waals surface area (Å²) in [5.41, 5.74) is 1.31. The van der Waals surface area contributed by atoms with E-state index >= 15 is 0 Å². The third-order valence-electron chi connectivity index (χ3n) is 4.59. The van der Waals surface area contributed by atoms with E-state index in [1.165, 1.54) is 0 Å². The minimum absolute atomic E-state index is 0.0666. The fourth-order valence-electron chi connectivity index (χ4n) is 3.02. The van der Waals surface area contributed by atoms with Gasteiger partial charge in [0, 0.05) is 37.6 Å². The highest BCUT2D eigenvalue weighted by atomic mass is 32.1. The van der Waals surface area contributed by atoms with Crippen LogP contribution in [0.4, 0.5) is 4.79 Å². The van der Waals surface area contributed by atoms with Crippen molar-refractivity contribution in [1.29, 1.82) is 0 Å². The number of carbonyl (C=O) groups excluding carboxylic acids is 2. The summed E-state index contributed by atoms with van der Waals surface area (Å²) in [5, 5.41) is 3.01. The van der Waals surface area contributed by atoms with Crippen LogP contribution in [-0.4, -0.2) is 58.6 Å². The van der Waals surface area contributed by atoms with Gasteiger partial charge in [0.2, 0.25) is 5.91 Å². The zero-order valence-corrected chi connectivity index (χ0v) is 19.3. The van der Waals surface area contributed by atoms with E-state index in [0.717, 1.165) is 22.0 Å². The summed E-state index contributed by atoms with van der Waals surface area (Å²) in [6.07, 6.45) is 3.02. The average Bonchev–Trinajstić information content (AvgIpc) is 3.15. The third-order valence-corrected chi connectivity index (χ3v) is 5.42. The molecule has 2 aromatic rings. The number of nitrogens with zero attached hydrogens (tertiary/aromatic N) is 3. The minimum atomic E-state index is -0.521. The number of thiazole rings is 1. The second kappa shape index (κ2) is 9.96. The fraction of sp³-hybridized carbons (Fsp3) is 0.435. The van der Waals surface area contributed by atoms with Crippen LogP contribution in [0.25, 0.3) is 6.08 Å². The van der Waals surface area contributed by atoms with Crippen LogP contribution >= 0.6 is 11.3 Å². The standard InChI is InChI=1S/C23H29N3O4S/c1-17-24-19(16-31-17)15-29-20-8-5-18(6-9-20)7-10-21(27)25-11-13-26(14-12-25)22(28)30-23(2,3)4/h5-10,16H,11-15H2,1-4H3/b10-7+. The van der Waals surface area contributed by atoms with Gasteiger partial charge in [-0.1, -0.05) is 12.1 Å². The van der Waals surface area contributed by atoms with Gasteiger partial charge in [0.05, 0.1) is 10.7 Å². The molecule has 1 aromatic carbocycles. The molecule has 7 nitrogen and oxygen atoms in total. The number of benzene rings is 1. The molecule has 2 heterocycles. The molecule has 31 heavy (non-hydrogen) atoms. The Hall–Kier alpha value is -2.87. The number of hydrogen-bond acceptors (Lipinski definition) is 6. The molecule has 1 aliphatic heterocycles. The van der Waals surface area contributed by atoms with Crippen molar-refractivity contribution in [3.63, 3.8) is 0 Å². The van der Waals surface area contributed by atoms with Crippen molar-refractivity contribution >= 4 is 29.4 Å². The zero-order chi connectivity index (χ0) is 22.4. The van der Waals surface area contributed by atoms with E-state index < -0.39 is 5.60 Å². The van der Waals surface area contributed by atoms with Gasteiger partial charge in [-0.25, -0.2) is 9.78 Å². The van der Waals surface area contributed by atoms with Crippen molar-refractivity contribution in [2.24, 2.45) is 0 Å². The Morgan fingerprint density at radius 1 is 1.10 bits per heavy atom. The lowest BCUT2D eigenvalue weighted by Crippen LogP contribution is -2.51. The molecule has 8 heteroatoms. The Kier molecular flexibility index (Phi) is 7.33. The van der Waals surface area contributed by atoms with Crippen LogP contribution in [0.1, 0.15) is 37.0 Å². The number of rotatable bonds is 5. The molecule has 0 spiro atoms. The molecule has 0 atom stereocenters. The van der Waals surface area contributed by atoms with Gasteiger partial charge in [-0.3, -0.25) is 4.79 Å². The molecular weight excluding hydrogens is 414 g/mol. The molecule has 0 saturated carbocycles. The predicted molar refractivity (Wildman–Crippen MR) is 121 cm³/mol. The van der Waals surface area contributed by atoms with E-state index in [4.69, 9.17) is 9.47 Å². The SMILES string of the molecule is Cc1nc(COc2ccc(/C=C/C(=O)N3CCN(C(=O)OC(C)(C)C)CC3)cc2)cs1. The molecule has 0 aliphatic carbocycles. The summed E-state index contributed by atoms with van der Waals surface area (Å²) in [7, 11) is 0. The van der Waals surface area contributed by atoms with E-state index in [2.05, 4.69) is 4.98 Å². The van der Waals surface area contributed by atoms with E-state index in [9.17, 15) is 9.59 Å². The molecule has 1 aromatic heterocycles. The topological polar surface area (TPSA) is 72.0 Å². The van der Waals surface area contributed by atoms with Crippen molar-refractivity contribution in [3.05, 3.63) is 52.0 Å². The van der Waals surface area contributed by atoms with E-state index in [-0.39, 0.29) is 12.0 Å². The van der Waals surface area contributed by atoms with Crippen molar-refractivity contribution in [2.75, 3.05) is 26.2 Å². The van der Waals surface area contributed by atoms with Crippen molar-refractivity contribution in [3.8, 4) is 5.75 Å². The first kappa shape index (κ1) is 22.8. The summed E-state index contributed by atoms with van der Waals surface area (Å²) in [6.45, 7) is 9.86. The van der Waals surface area contributed by atoms with Gasteiger partial charge in [-0.2, -0.15) is 0 Å². The highest BCUT2D eigenvalue weighted by Gasteiger charge is 2.26. The van der Waals surface area contributed by atoms with Crippen LogP contribution in [0, 0.1) is 6.92 Å². The highest BCUT2D eigenvalue weighted by molar-refractivity contribution is 7.09. The monoisotopic (exact) mass is 443 g/mol. The molecular formula is C23H29N3O4S. The van der Waals surface area contributed by atoms with Crippen molar-refractivity contribution in [1.82, 2.24) is 14.8 Å². The molecule has 0 radical (unpaired) electrons. The van der Waals surface area contributed by atoms with Gasteiger partial charge in [0.1, 0.15) is 18.0 Å². The van der Waals surface area contributed by atoms with Gasteiger partial charge in [0.25, 0.3) is 0 Å². The van der Waals surface area contributed by atoms with Gasteiger partial charge in [0.15, 0.2) is 0 Å². The Morgan fingerprint density at radius 2 is 1.74 bits per heavy atom. The maximum atomic E-state index is 12.5. The smallest absolute Gasteiger partial charge is 0.410 e. The van der Waals surface area contributed by atoms with Crippen LogP contribution in [-0.2, 0) is 16.1 Å². The quantitative estimate of drug-likeness (QED) is 0.650. The lowest BCUT2D eigenvalue weighted by Gasteiger charge is -2.35. The van der Waals surface area contributed by atoms with Crippen molar-refractivity contribution < 1.29 is 19.1 Å². The number of piperazine rings is 1. The largest absolute Gasteiger partial charge is 0.487 e. The average molecular weight is 444 g/mol. The molecule has 2 amide bonds. The molecule has 0 bridgehead atoms. The minimum Gasteiger partial charge on any atom is -0.487 e.